The summed E-state index contributed by atoms with van der Waals surface area (Å²) in [7, 11) is 0. The highest BCUT2D eigenvalue weighted by atomic mass is 32.2. The first kappa shape index (κ1) is 14.2. The molecule has 0 fully saturated rings. The van der Waals surface area contributed by atoms with Crippen LogP contribution < -0.4 is 11.4 Å². The highest BCUT2D eigenvalue weighted by Gasteiger charge is 2.05. The number of H-pyrrole nitrogens is 1. The van der Waals surface area contributed by atoms with E-state index in [0.717, 1.165) is 41.9 Å². The number of hydrogen-bond acceptors (Lipinski definition) is 3. The summed E-state index contributed by atoms with van der Waals surface area (Å²) in [6.45, 7) is 2.87. The Bertz CT molecular complexity index is 575. The molecule has 0 saturated carbocycles. The van der Waals surface area contributed by atoms with Crippen molar-refractivity contribution >= 4 is 22.8 Å². The van der Waals surface area contributed by atoms with Crippen LogP contribution in [0.25, 0.3) is 11.0 Å². The minimum absolute atomic E-state index is 0.0172. The number of nitrogens with zero attached hydrogens (tertiary/aromatic N) is 1. The Hall–Kier alpha value is -1.20. The highest BCUT2D eigenvalue weighted by Crippen LogP contribution is 2.11. The number of hydrogen-bond donors (Lipinski definition) is 2. The van der Waals surface area contributed by atoms with Crippen molar-refractivity contribution in [1.82, 2.24) is 9.55 Å². The fraction of sp³-hybridized carbons (Fsp3) is 0.500. The number of rotatable bonds is 7. The zero-order chi connectivity index (χ0) is 13.7. The monoisotopic (exact) mass is 279 g/mol. The van der Waals surface area contributed by atoms with Crippen molar-refractivity contribution in [3.8, 4) is 0 Å². The van der Waals surface area contributed by atoms with Gasteiger partial charge in [-0.1, -0.05) is 19.1 Å². The lowest BCUT2D eigenvalue weighted by Gasteiger charge is -2.08. The zero-order valence-electron chi connectivity index (χ0n) is 11.3. The van der Waals surface area contributed by atoms with Gasteiger partial charge in [0, 0.05) is 18.3 Å². The van der Waals surface area contributed by atoms with Crippen molar-refractivity contribution in [2.75, 3.05) is 11.5 Å². The number of aryl methyl sites for hydroxylation is 1. The predicted molar refractivity (Wildman–Crippen MR) is 82.8 cm³/mol. The zero-order valence-corrected chi connectivity index (χ0v) is 12.1. The van der Waals surface area contributed by atoms with Gasteiger partial charge in [-0.15, -0.1) is 0 Å². The molecule has 1 atom stereocenters. The maximum atomic E-state index is 11.8. The van der Waals surface area contributed by atoms with Crippen LogP contribution in [0, 0.1) is 0 Å². The lowest BCUT2D eigenvalue weighted by atomic mass is 10.3. The van der Waals surface area contributed by atoms with Gasteiger partial charge in [-0.25, -0.2) is 4.79 Å². The molecule has 3 N–H and O–H groups in total. The second-order valence-electron chi connectivity index (χ2n) is 4.70. The lowest BCUT2D eigenvalue weighted by molar-refractivity contribution is 0.677. The molecule has 0 aliphatic heterocycles. The summed E-state index contributed by atoms with van der Waals surface area (Å²) >= 11 is 1.87. The van der Waals surface area contributed by atoms with Crippen LogP contribution >= 0.6 is 11.8 Å². The number of fused-ring (bicyclic) bond motifs is 1. The summed E-state index contributed by atoms with van der Waals surface area (Å²) in [6.07, 6.45) is 2.01. The minimum Gasteiger partial charge on any atom is -0.327 e. The number of aromatic amines is 1. The second-order valence-corrected chi connectivity index (χ2v) is 5.85. The Morgan fingerprint density at radius 1 is 1.42 bits per heavy atom. The standard InChI is InChI=1S/C14H21N3OS/c1-2-11(15)10-19-9-5-8-17-13-7-4-3-6-12(13)16-14(17)18/h3-4,6-7,11H,2,5,8-10,15H2,1H3,(H,16,18). The number of benzene rings is 1. The predicted octanol–water partition coefficient (Wildman–Crippen LogP) is 2.19. The van der Waals surface area contributed by atoms with Crippen LogP contribution in [0.15, 0.2) is 29.1 Å². The summed E-state index contributed by atoms with van der Waals surface area (Å²) in [5, 5.41) is 0. The van der Waals surface area contributed by atoms with E-state index >= 15 is 0 Å². The number of para-hydroxylation sites is 2. The second kappa shape index (κ2) is 6.82. The Morgan fingerprint density at radius 2 is 2.21 bits per heavy atom. The van der Waals surface area contributed by atoms with Gasteiger partial charge in [0.25, 0.3) is 0 Å². The SMILES string of the molecule is CCC(N)CSCCCn1c(=O)[nH]c2ccccc21. The van der Waals surface area contributed by atoms with E-state index in [1.807, 2.05) is 40.6 Å². The number of nitrogens with two attached hydrogens (primary N) is 1. The van der Waals surface area contributed by atoms with Crippen molar-refractivity contribution in [2.45, 2.75) is 32.4 Å². The van der Waals surface area contributed by atoms with Crippen LogP contribution in [0.5, 0.6) is 0 Å². The summed E-state index contributed by atoms with van der Waals surface area (Å²) < 4.78 is 1.82. The fourth-order valence-corrected chi connectivity index (χ4v) is 3.04. The molecule has 0 bridgehead atoms. The molecule has 1 unspecified atom stereocenters. The molecule has 5 heteroatoms. The van der Waals surface area contributed by atoms with Crippen LogP contribution in [0.2, 0.25) is 0 Å². The largest absolute Gasteiger partial charge is 0.327 e. The number of aromatic nitrogens is 2. The van der Waals surface area contributed by atoms with E-state index in [-0.39, 0.29) is 5.69 Å². The van der Waals surface area contributed by atoms with E-state index in [2.05, 4.69) is 11.9 Å². The van der Waals surface area contributed by atoms with Crippen molar-refractivity contribution < 1.29 is 0 Å². The molecule has 1 aromatic heterocycles. The van der Waals surface area contributed by atoms with Gasteiger partial charge in [-0.3, -0.25) is 4.57 Å². The summed E-state index contributed by atoms with van der Waals surface area (Å²) in [6, 6.07) is 8.10. The minimum atomic E-state index is -0.0172. The van der Waals surface area contributed by atoms with Gasteiger partial charge < -0.3 is 10.7 Å². The third-order valence-corrected chi connectivity index (χ3v) is 4.45. The van der Waals surface area contributed by atoms with Gasteiger partial charge in [0.05, 0.1) is 11.0 Å². The molecule has 19 heavy (non-hydrogen) atoms. The Balaban J connectivity index is 1.88. The molecule has 2 aromatic rings. The summed E-state index contributed by atoms with van der Waals surface area (Å²) in [5.41, 5.74) is 7.75. The van der Waals surface area contributed by atoms with E-state index in [9.17, 15) is 4.79 Å². The van der Waals surface area contributed by atoms with Gasteiger partial charge >= 0.3 is 5.69 Å². The van der Waals surface area contributed by atoms with Gasteiger partial charge in [0.2, 0.25) is 0 Å². The number of imidazole rings is 1. The number of thioether (sulfide) groups is 1. The number of nitrogens with one attached hydrogen (secondary N) is 1. The average Bonchev–Trinajstić information content (AvgIpc) is 2.74. The fourth-order valence-electron chi connectivity index (χ4n) is 2.01. The molecule has 0 spiro atoms. The van der Waals surface area contributed by atoms with Crippen LogP contribution in [-0.2, 0) is 6.54 Å². The topological polar surface area (TPSA) is 63.8 Å². The molecular formula is C14H21N3OS. The van der Waals surface area contributed by atoms with E-state index in [1.54, 1.807) is 0 Å². The van der Waals surface area contributed by atoms with Gasteiger partial charge in [0.15, 0.2) is 0 Å². The van der Waals surface area contributed by atoms with Gasteiger partial charge in [-0.05, 0) is 30.7 Å². The smallest absolute Gasteiger partial charge is 0.326 e. The van der Waals surface area contributed by atoms with E-state index in [4.69, 9.17) is 5.73 Å². The Labute approximate surface area is 117 Å². The first-order valence-electron chi connectivity index (χ1n) is 6.73. The van der Waals surface area contributed by atoms with E-state index in [1.165, 1.54) is 0 Å². The molecule has 1 heterocycles. The highest BCUT2D eigenvalue weighted by molar-refractivity contribution is 7.99. The summed E-state index contributed by atoms with van der Waals surface area (Å²) in [4.78, 5) is 14.7. The van der Waals surface area contributed by atoms with Gasteiger partial charge in [-0.2, -0.15) is 11.8 Å². The van der Waals surface area contributed by atoms with Crippen molar-refractivity contribution in [3.63, 3.8) is 0 Å². The van der Waals surface area contributed by atoms with Crippen molar-refractivity contribution in [1.29, 1.82) is 0 Å². The molecule has 0 aliphatic rings. The van der Waals surface area contributed by atoms with Crippen LogP contribution in [0.3, 0.4) is 0 Å². The molecule has 1 aromatic carbocycles. The quantitative estimate of drug-likeness (QED) is 0.764. The molecule has 4 nitrogen and oxygen atoms in total. The molecular weight excluding hydrogens is 258 g/mol. The molecule has 0 radical (unpaired) electrons. The average molecular weight is 279 g/mol. The van der Waals surface area contributed by atoms with Crippen molar-refractivity contribution in [2.24, 2.45) is 5.73 Å². The third kappa shape index (κ3) is 3.64. The van der Waals surface area contributed by atoms with Crippen LogP contribution in [0.1, 0.15) is 19.8 Å². The van der Waals surface area contributed by atoms with Gasteiger partial charge in [0.1, 0.15) is 0 Å². The first-order chi connectivity index (χ1) is 9.22. The molecule has 0 amide bonds. The molecule has 104 valence electrons. The Morgan fingerprint density at radius 3 is 3.00 bits per heavy atom. The maximum absolute atomic E-state index is 11.8. The first-order valence-corrected chi connectivity index (χ1v) is 7.88. The Kier molecular flexibility index (Phi) is 5.10. The maximum Gasteiger partial charge on any atom is 0.326 e. The van der Waals surface area contributed by atoms with Crippen molar-refractivity contribution in [3.05, 3.63) is 34.7 Å². The summed E-state index contributed by atoms with van der Waals surface area (Å²) in [5.74, 6) is 2.04. The molecule has 0 saturated heterocycles. The molecule has 2 rings (SSSR count). The van der Waals surface area contributed by atoms with Crippen LogP contribution in [-0.4, -0.2) is 27.1 Å². The third-order valence-electron chi connectivity index (χ3n) is 3.21. The van der Waals surface area contributed by atoms with E-state index < -0.39 is 0 Å². The van der Waals surface area contributed by atoms with Crippen LogP contribution in [0.4, 0.5) is 0 Å². The lowest BCUT2D eigenvalue weighted by Crippen LogP contribution is -2.21. The molecule has 0 aliphatic carbocycles. The van der Waals surface area contributed by atoms with E-state index in [0.29, 0.717) is 6.04 Å². The normalized spacial score (nSPS) is 12.9.